The molecule has 0 aromatic heterocycles. The zero-order valence-corrected chi connectivity index (χ0v) is 14.3. The second-order valence-electron chi connectivity index (χ2n) is 6.16. The van der Waals surface area contributed by atoms with Crippen LogP contribution in [-0.4, -0.2) is 38.1 Å². The molecule has 2 rings (SSSR count). The highest BCUT2D eigenvalue weighted by molar-refractivity contribution is 7.88. The zero-order chi connectivity index (χ0) is 16.3. The minimum atomic E-state index is -3.13. The fourth-order valence-electron chi connectivity index (χ4n) is 3.06. The lowest BCUT2D eigenvalue weighted by molar-refractivity contribution is 0.201. The molecule has 0 aliphatic carbocycles. The molecular formula is C16H25FN2O2S. The molecule has 0 amide bonds. The summed E-state index contributed by atoms with van der Waals surface area (Å²) in [4.78, 5) is 0. The second kappa shape index (κ2) is 7.06. The Kier molecular flexibility index (Phi) is 5.58. The molecule has 1 heterocycles. The van der Waals surface area contributed by atoms with Crippen molar-refractivity contribution < 1.29 is 12.8 Å². The van der Waals surface area contributed by atoms with Crippen LogP contribution in [-0.2, 0) is 16.6 Å². The lowest BCUT2D eigenvalue weighted by Gasteiger charge is -2.37. The Hall–Kier alpha value is -0.980. The highest BCUT2D eigenvalue weighted by atomic mass is 32.2. The van der Waals surface area contributed by atoms with Crippen LogP contribution in [0.1, 0.15) is 30.9 Å². The lowest BCUT2D eigenvalue weighted by Crippen LogP contribution is -2.50. The van der Waals surface area contributed by atoms with Gasteiger partial charge in [-0.05, 0) is 25.3 Å². The fraction of sp³-hybridized carbons (Fsp3) is 0.625. The van der Waals surface area contributed by atoms with Crippen LogP contribution in [0.2, 0.25) is 0 Å². The van der Waals surface area contributed by atoms with Crippen molar-refractivity contribution in [2.75, 3.05) is 19.3 Å². The first-order valence-corrected chi connectivity index (χ1v) is 9.59. The summed E-state index contributed by atoms with van der Waals surface area (Å²) in [6.45, 7) is 5.57. The average Bonchev–Trinajstić information content (AvgIpc) is 2.47. The van der Waals surface area contributed by atoms with Crippen molar-refractivity contribution in [2.45, 2.75) is 39.3 Å². The third kappa shape index (κ3) is 4.27. The number of nitrogens with one attached hydrogen (secondary N) is 1. The summed E-state index contributed by atoms with van der Waals surface area (Å²) >= 11 is 0. The minimum Gasteiger partial charge on any atom is -0.309 e. The van der Waals surface area contributed by atoms with Gasteiger partial charge in [-0.1, -0.05) is 31.0 Å². The van der Waals surface area contributed by atoms with Crippen LogP contribution in [0, 0.1) is 18.7 Å². The molecular weight excluding hydrogens is 303 g/mol. The van der Waals surface area contributed by atoms with Crippen molar-refractivity contribution in [2.24, 2.45) is 5.92 Å². The first-order chi connectivity index (χ1) is 10.3. The summed E-state index contributed by atoms with van der Waals surface area (Å²) in [6, 6.07) is 5.34. The highest BCUT2D eigenvalue weighted by Crippen LogP contribution is 2.22. The molecule has 0 unspecified atom stereocenters. The van der Waals surface area contributed by atoms with Gasteiger partial charge in [-0.2, -0.15) is 0 Å². The summed E-state index contributed by atoms with van der Waals surface area (Å²) in [7, 11) is -3.13. The van der Waals surface area contributed by atoms with Crippen LogP contribution < -0.4 is 5.32 Å². The Balaban J connectivity index is 1.99. The normalized spacial score (nSPS) is 23.6. The van der Waals surface area contributed by atoms with E-state index in [2.05, 4.69) is 12.2 Å². The summed E-state index contributed by atoms with van der Waals surface area (Å²) < 4.78 is 38.7. The summed E-state index contributed by atoms with van der Waals surface area (Å²) in [5.41, 5.74) is 1.71. The predicted molar refractivity (Wildman–Crippen MR) is 86.6 cm³/mol. The monoisotopic (exact) mass is 328 g/mol. The van der Waals surface area contributed by atoms with Gasteiger partial charge < -0.3 is 5.32 Å². The maximum Gasteiger partial charge on any atom is 0.211 e. The van der Waals surface area contributed by atoms with Crippen LogP contribution in [0.15, 0.2) is 18.2 Å². The standard InChI is InChI=1S/C16H25FN2O2S/c1-4-13-11-19(22(3,20)21)8-7-16(13)18-10-14-9-12(2)5-6-15(14)17/h5-6,9,13,16,18H,4,7-8,10-11H2,1-3H3/t13-,16+/m0/s1. The Bertz CT molecular complexity index is 619. The SMILES string of the molecule is CC[C@H]1CN(S(C)(=O)=O)CC[C@H]1NCc1cc(C)ccc1F. The minimum absolute atomic E-state index is 0.195. The molecule has 0 spiro atoms. The summed E-state index contributed by atoms with van der Waals surface area (Å²) in [5, 5.41) is 3.42. The van der Waals surface area contributed by atoms with Gasteiger partial charge in [0.25, 0.3) is 0 Å². The van der Waals surface area contributed by atoms with Gasteiger partial charge >= 0.3 is 0 Å². The van der Waals surface area contributed by atoms with Gasteiger partial charge in [0, 0.05) is 31.2 Å². The molecule has 1 aromatic rings. The van der Waals surface area contributed by atoms with Crippen molar-refractivity contribution >= 4 is 10.0 Å². The first-order valence-electron chi connectivity index (χ1n) is 7.74. The Morgan fingerprint density at radius 1 is 1.41 bits per heavy atom. The quantitative estimate of drug-likeness (QED) is 0.902. The van der Waals surface area contributed by atoms with Crippen molar-refractivity contribution in [3.63, 3.8) is 0 Å². The van der Waals surface area contributed by atoms with Crippen LogP contribution in [0.5, 0.6) is 0 Å². The van der Waals surface area contributed by atoms with Gasteiger partial charge in [0.1, 0.15) is 5.82 Å². The molecule has 1 fully saturated rings. The number of benzene rings is 1. The van der Waals surface area contributed by atoms with Crippen molar-refractivity contribution in [1.29, 1.82) is 0 Å². The number of piperidine rings is 1. The topological polar surface area (TPSA) is 49.4 Å². The van der Waals surface area contributed by atoms with E-state index < -0.39 is 10.0 Å². The number of nitrogens with zero attached hydrogens (tertiary/aromatic N) is 1. The van der Waals surface area contributed by atoms with E-state index in [1.54, 1.807) is 10.4 Å². The smallest absolute Gasteiger partial charge is 0.211 e. The Morgan fingerprint density at radius 3 is 2.77 bits per heavy atom. The molecule has 1 aromatic carbocycles. The van der Waals surface area contributed by atoms with E-state index in [-0.39, 0.29) is 17.8 Å². The highest BCUT2D eigenvalue weighted by Gasteiger charge is 2.31. The van der Waals surface area contributed by atoms with Gasteiger partial charge in [-0.3, -0.25) is 0 Å². The maximum absolute atomic E-state index is 13.8. The van der Waals surface area contributed by atoms with E-state index in [0.717, 1.165) is 18.4 Å². The first kappa shape index (κ1) is 17.4. The number of hydrogen-bond acceptors (Lipinski definition) is 3. The molecule has 6 heteroatoms. The molecule has 0 saturated carbocycles. The van der Waals surface area contributed by atoms with Gasteiger partial charge in [-0.15, -0.1) is 0 Å². The number of halogens is 1. The van der Waals surface area contributed by atoms with Crippen LogP contribution in [0.25, 0.3) is 0 Å². The molecule has 0 bridgehead atoms. The molecule has 124 valence electrons. The molecule has 2 atom stereocenters. The van der Waals surface area contributed by atoms with Crippen molar-refractivity contribution in [3.8, 4) is 0 Å². The molecule has 22 heavy (non-hydrogen) atoms. The molecule has 1 aliphatic rings. The average molecular weight is 328 g/mol. The predicted octanol–water partition coefficient (Wildman–Crippen LogP) is 2.28. The fourth-order valence-corrected chi connectivity index (χ4v) is 3.96. The lowest BCUT2D eigenvalue weighted by atomic mass is 9.91. The van der Waals surface area contributed by atoms with E-state index in [0.29, 0.717) is 25.2 Å². The molecule has 0 radical (unpaired) electrons. The Morgan fingerprint density at radius 2 is 2.14 bits per heavy atom. The van der Waals surface area contributed by atoms with E-state index in [9.17, 15) is 12.8 Å². The van der Waals surface area contributed by atoms with E-state index in [1.165, 1.54) is 12.3 Å². The van der Waals surface area contributed by atoms with Crippen LogP contribution in [0.4, 0.5) is 4.39 Å². The summed E-state index contributed by atoms with van der Waals surface area (Å²) in [6.07, 6.45) is 2.93. The molecule has 1 aliphatic heterocycles. The largest absolute Gasteiger partial charge is 0.309 e. The zero-order valence-electron chi connectivity index (χ0n) is 13.5. The van der Waals surface area contributed by atoms with Crippen molar-refractivity contribution in [1.82, 2.24) is 9.62 Å². The number of rotatable bonds is 5. The van der Waals surface area contributed by atoms with Gasteiger partial charge in [0.2, 0.25) is 10.0 Å². The van der Waals surface area contributed by atoms with E-state index >= 15 is 0 Å². The number of hydrogen-bond donors (Lipinski definition) is 1. The van der Waals surface area contributed by atoms with E-state index in [4.69, 9.17) is 0 Å². The maximum atomic E-state index is 13.8. The summed E-state index contributed by atoms with van der Waals surface area (Å²) in [5.74, 6) is 0.0658. The molecule has 4 nitrogen and oxygen atoms in total. The number of sulfonamides is 1. The van der Waals surface area contributed by atoms with Gasteiger partial charge in [0.15, 0.2) is 0 Å². The number of aryl methyl sites for hydroxylation is 1. The van der Waals surface area contributed by atoms with Gasteiger partial charge in [-0.25, -0.2) is 17.1 Å². The molecule has 1 N–H and O–H groups in total. The third-order valence-corrected chi connectivity index (χ3v) is 5.72. The van der Waals surface area contributed by atoms with Crippen LogP contribution in [0.3, 0.4) is 0 Å². The Labute approximate surface area is 132 Å². The van der Waals surface area contributed by atoms with Gasteiger partial charge in [0.05, 0.1) is 6.26 Å². The third-order valence-electron chi connectivity index (χ3n) is 4.45. The van der Waals surface area contributed by atoms with E-state index in [1.807, 2.05) is 13.0 Å². The van der Waals surface area contributed by atoms with Crippen molar-refractivity contribution in [3.05, 3.63) is 35.1 Å². The van der Waals surface area contributed by atoms with Crippen LogP contribution >= 0.6 is 0 Å². The molecule has 1 saturated heterocycles. The second-order valence-corrected chi connectivity index (χ2v) is 8.14.